The zero-order valence-corrected chi connectivity index (χ0v) is 20.1. The Bertz CT molecular complexity index is 1200. The summed E-state index contributed by atoms with van der Waals surface area (Å²) in [6.45, 7) is 2.70. The molecule has 2 aromatic rings. The standard InChI is InChI=1S/C28H28N2O6/c1-2-35-21-9-5-19(6-10-21)29-15-18(14-23(29)31)28(34)36-22-11-7-20(8-12-22)30-26(32)24-16-3-4-17(13-16)25(24)27(30)33/h5-12,16-18,24-25H,2-4,13-15H2,1H3. The fourth-order valence-electron chi connectivity index (χ4n) is 6.53. The van der Waals surface area contributed by atoms with Gasteiger partial charge in [-0.3, -0.25) is 24.1 Å². The summed E-state index contributed by atoms with van der Waals surface area (Å²) in [7, 11) is 0. The fourth-order valence-corrected chi connectivity index (χ4v) is 6.53. The van der Waals surface area contributed by atoms with Crippen LogP contribution in [0.25, 0.3) is 0 Å². The van der Waals surface area contributed by atoms with Crippen LogP contribution in [0.2, 0.25) is 0 Å². The molecular formula is C28H28N2O6. The van der Waals surface area contributed by atoms with Crippen LogP contribution in [-0.4, -0.2) is 36.8 Å². The number of benzene rings is 2. The molecule has 6 rings (SSSR count). The third-order valence-electron chi connectivity index (χ3n) is 8.16. The van der Waals surface area contributed by atoms with Gasteiger partial charge < -0.3 is 14.4 Å². The molecule has 5 atom stereocenters. The number of amides is 3. The molecular weight excluding hydrogens is 460 g/mol. The molecule has 2 bridgehead atoms. The van der Waals surface area contributed by atoms with Crippen molar-refractivity contribution in [3.8, 4) is 11.5 Å². The van der Waals surface area contributed by atoms with Crippen LogP contribution < -0.4 is 19.3 Å². The quantitative estimate of drug-likeness (QED) is 0.351. The van der Waals surface area contributed by atoms with Gasteiger partial charge in [-0.25, -0.2) is 0 Å². The van der Waals surface area contributed by atoms with Crippen molar-refractivity contribution >= 4 is 35.1 Å². The maximum absolute atomic E-state index is 13.0. The SMILES string of the molecule is CCOc1ccc(N2CC(C(=O)Oc3ccc(N4C(=O)C5C6CCC(C6)C5C4=O)cc3)CC2=O)cc1. The summed E-state index contributed by atoms with van der Waals surface area (Å²) in [5.74, 6) is -0.0434. The van der Waals surface area contributed by atoms with Gasteiger partial charge >= 0.3 is 5.97 Å². The minimum absolute atomic E-state index is 0.0754. The number of hydrogen-bond donors (Lipinski definition) is 0. The highest BCUT2D eigenvalue weighted by Gasteiger charge is 2.61. The van der Waals surface area contributed by atoms with E-state index in [2.05, 4.69) is 0 Å². The van der Waals surface area contributed by atoms with Gasteiger partial charge in [-0.15, -0.1) is 0 Å². The fraction of sp³-hybridized carbons (Fsp3) is 0.429. The normalized spacial score (nSPS) is 28.7. The molecule has 0 radical (unpaired) electrons. The van der Waals surface area contributed by atoms with Crippen molar-refractivity contribution in [3.05, 3.63) is 48.5 Å². The number of ether oxygens (including phenoxy) is 2. The zero-order valence-electron chi connectivity index (χ0n) is 20.1. The van der Waals surface area contributed by atoms with Crippen LogP contribution in [0.5, 0.6) is 11.5 Å². The minimum Gasteiger partial charge on any atom is -0.494 e. The van der Waals surface area contributed by atoms with Crippen LogP contribution in [0, 0.1) is 29.6 Å². The van der Waals surface area contributed by atoms with E-state index in [0.29, 0.717) is 35.6 Å². The lowest BCUT2D eigenvalue weighted by Crippen LogP contribution is -2.32. The molecule has 3 amide bonds. The van der Waals surface area contributed by atoms with Crippen molar-refractivity contribution in [1.29, 1.82) is 0 Å². The number of fused-ring (bicyclic) bond motifs is 5. The van der Waals surface area contributed by atoms with E-state index in [9.17, 15) is 19.2 Å². The Hall–Kier alpha value is -3.68. The third kappa shape index (κ3) is 3.67. The van der Waals surface area contributed by atoms with E-state index in [1.807, 2.05) is 6.92 Å². The van der Waals surface area contributed by atoms with Crippen LogP contribution in [0.4, 0.5) is 11.4 Å². The summed E-state index contributed by atoms with van der Waals surface area (Å²) >= 11 is 0. The first-order valence-electron chi connectivity index (χ1n) is 12.7. The maximum Gasteiger partial charge on any atom is 0.316 e. The van der Waals surface area contributed by atoms with E-state index in [0.717, 1.165) is 25.0 Å². The van der Waals surface area contributed by atoms with Crippen molar-refractivity contribution in [1.82, 2.24) is 0 Å². The molecule has 5 unspecified atom stereocenters. The summed E-state index contributed by atoms with van der Waals surface area (Å²) in [4.78, 5) is 54.3. The van der Waals surface area contributed by atoms with Crippen molar-refractivity contribution in [2.75, 3.05) is 23.0 Å². The van der Waals surface area contributed by atoms with E-state index in [1.54, 1.807) is 53.4 Å². The number of hydrogen-bond acceptors (Lipinski definition) is 6. The van der Waals surface area contributed by atoms with Gasteiger partial charge in [-0.1, -0.05) is 0 Å². The highest BCUT2D eigenvalue weighted by Crippen LogP contribution is 2.56. The summed E-state index contributed by atoms with van der Waals surface area (Å²) in [6.07, 6.45) is 3.14. The molecule has 186 valence electrons. The van der Waals surface area contributed by atoms with Gasteiger partial charge in [0.05, 0.1) is 30.0 Å². The molecule has 8 heteroatoms. The van der Waals surface area contributed by atoms with Gasteiger partial charge in [0.1, 0.15) is 11.5 Å². The number of imide groups is 1. The summed E-state index contributed by atoms with van der Waals surface area (Å²) in [5.41, 5.74) is 1.22. The van der Waals surface area contributed by atoms with Crippen LogP contribution >= 0.6 is 0 Å². The van der Waals surface area contributed by atoms with Gasteiger partial charge in [0.2, 0.25) is 17.7 Å². The number of carbonyl (C=O) groups is 4. The number of anilines is 2. The smallest absolute Gasteiger partial charge is 0.316 e. The molecule has 4 aliphatic rings. The molecule has 2 heterocycles. The van der Waals surface area contributed by atoms with E-state index >= 15 is 0 Å². The second-order valence-electron chi connectivity index (χ2n) is 10.1. The first-order valence-corrected chi connectivity index (χ1v) is 12.7. The Morgan fingerprint density at radius 2 is 1.44 bits per heavy atom. The van der Waals surface area contributed by atoms with Crippen LogP contribution in [0.15, 0.2) is 48.5 Å². The average molecular weight is 489 g/mol. The number of carbonyl (C=O) groups excluding carboxylic acids is 4. The molecule has 2 aliphatic carbocycles. The van der Waals surface area contributed by atoms with Gasteiger partial charge in [0.15, 0.2) is 0 Å². The monoisotopic (exact) mass is 488 g/mol. The van der Waals surface area contributed by atoms with Crippen molar-refractivity contribution in [2.45, 2.75) is 32.6 Å². The maximum atomic E-state index is 13.0. The summed E-state index contributed by atoms with van der Waals surface area (Å²) in [5, 5.41) is 0. The molecule has 2 saturated heterocycles. The van der Waals surface area contributed by atoms with Gasteiger partial charge in [-0.2, -0.15) is 0 Å². The number of rotatable bonds is 6. The lowest BCUT2D eigenvalue weighted by atomic mass is 9.81. The summed E-state index contributed by atoms with van der Waals surface area (Å²) < 4.78 is 11.0. The second kappa shape index (κ2) is 8.76. The Morgan fingerprint density at radius 3 is 2.06 bits per heavy atom. The second-order valence-corrected chi connectivity index (χ2v) is 10.1. The molecule has 0 spiro atoms. The average Bonchev–Trinajstić information content (AvgIpc) is 3.64. The molecule has 0 N–H and O–H groups in total. The van der Waals surface area contributed by atoms with E-state index < -0.39 is 11.9 Å². The molecule has 36 heavy (non-hydrogen) atoms. The minimum atomic E-state index is -0.583. The van der Waals surface area contributed by atoms with Crippen LogP contribution in [-0.2, 0) is 19.2 Å². The van der Waals surface area contributed by atoms with E-state index in [-0.39, 0.29) is 42.5 Å². The first kappa shape index (κ1) is 22.8. The lowest BCUT2D eigenvalue weighted by Gasteiger charge is -2.19. The Morgan fingerprint density at radius 1 is 0.861 bits per heavy atom. The van der Waals surface area contributed by atoms with E-state index in [4.69, 9.17) is 9.47 Å². The van der Waals surface area contributed by atoms with Crippen LogP contribution in [0.1, 0.15) is 32.6 Å². The van der Waals surface area contributed by atoms with Crippen molar-refractivity contribution in [2.24, 2.45) is 29.6 Å². The Balaban J connectivity index is 1.10. The highest BCUT2D eigenvalue weighted by atomic mass is 16.5. The number of nitrogens with zero attached hydrogens (tertiary/aromatic N) is 2. The lowest BCUT2D eigenvalue weighted by molar-refractivity contribution is -0.139. The molecule has 8 nitrogen and oxygen atoms in total. The van der Waals surface area contributed by atoms with Gasteiger partial charge in [0, 0.05) is 18.7 Å². The number of esters is 1. The molecule has 2 aliphatic heterocycles. The largest absolute Gasteiger partial charge is 0.494 e. The Kier molecular flexibility index (Phi) is 5.54. The predicted octanol–water partition coefficient (Wildman–Crippen LogP) is 3.58. The molecule has 2 saturated carbocycles. The van der Waals surface area contributed by atoms with Gasteiger partial charge in [-0.05, 0) is 86.6 Å². The van der Waals surface area contributed by atoms with Crippen molar-refractivity contribution in [3.63, 3.8) is 0 Å². The van der Waals surface area contributed by atoms with Crippen LogP contribution in [0.3, 0.4) is 0 Å². The molecule has 4 fully saturated rings. The third-order valence-corrected chi connectivity index (χ3v) is 8.16. The Labute approximate surface area is 209 Å². The van der Waals surface area contributed by atoms with E-state index in [1.165, 1.54) is 4.90 Å². The molecule has 0 aromatic heterocycles. The van der Waals surface area contributed by atoms with Crippen molar-refractivity contribution < 1.29 is 28.7 Å². The summed E-state index contributed by atoms with van der Waals surface area (Å²) in [6, 6.07) is 13.7. The topological polar surface area (TPSA) is 93.2 Å². The van der Waals surface area contributed by atoms with Gasteiger partial charge in [0.25, 0.3) is 0 Å². The molecule has 2 aromatic carbocycles. The predicted molar refractivity (Wildman–Crippen MR) is 130 cm³/mol. The zero-order chi connectivity index (χ0) is 25.0. The first-order chi connectivity index (χ1) is 17.4. The highest BCUT2D eigenvalue weighted by molar-refractivity contribution is 6.22.